The Morgan fingerprint density at radius 2 is 1.96 bits per heavy atom. The van der Waals surface area contributed by atoms with Crippen molar-refractivity contribution in [3.8, 4) is 16.4 Å². The molecule has 140 valence electrons. The molecule has 0 aromatic carbocycles. The molecule has 5 nitrogen and oxygen atoms in total. The van der Waals surface area contributed by atoms with Gasteiger partial charge in [0.15, 0.2) is 5.13 Å². The first-order chi connectivity index (χ1) is 13.9. The maximum absolute atomic E-state index is 4.55. The number of hydrogen-bond acceptors (Lipinski definition) is 5. The third kappa shape index (κ3) is 3.48. The molecule has 1 saturated heterocycles. The van der Waals surface area contributed by atoms with Gasteiger partial charge in [0.05, 0.1) is 5.69 Å². The lowest BCUT2D eigenvalue weighted by Crippen LogP contribution is -2.21. The minimum absolute atomic E-state index is 0.548. The fourth-order valence-corrected chi connectivity index (χ4v) is 4.58. The predicted octanol–water partition coefficient (Wildman–Crippen LogP) is 4.38. The molecule has 0 spiro atoms. The highest BCUT2D eigenvalue weighted by molar-refractivity contribution is 7.12. The molecule has 0 radical (unpaired) electrons. The smallest absolute Gasteiger partial charge is 0.193 e. The molecule has 1 atom stereocenters. The van der Waals surface area contributed by atoms with Crippen molar-refractivity contribution >= 4 is 11.3 Å². The largest absolute Gasteiger partial charge is 0.297 e. The van der Waals surface area contributed by atoms with Crippen LogP contribution in [-0.4, -0.2) is 37.5 Å². The summed E-state index contributed by atoms with van der Waals surface area (Å²) in [5.41, 5.74) is 4.81. The van der Waals surface area contributed by atoms with Gasteiger partial charge in [0.2, 0.25) is 0 Å². The summed E-state index contributed by atoms with van der Waals surface area (Å²) in [5, 5.41) is 3.06. The van der Waals surface area contributed by atoms with Crippen molar-refractivity contribution < 1.29 is 0 Å². The lowest BCUT2D eigenvalue weighted by molar-refractivity contribution is 0.321. The number of likely N-dealkylation sites (tertiary alicyclic amines) is 1. The van der Waals surface area contributed by atoms with Crippen LogP contribution < -0.4 is 0 Å². The van der Waals surface area contributed by atoms with Crippen LogP contribution in [0.5, 0.6) is 0 Å². The number of rotatable bonds is 5. The monoisotopic (exact) mass is 387 g/mol. The van der Waals surface area contributed by atoms with Crippen molar-refractivity contribution in [1.82, 2.24) is 24.4 Å². The maximum Gasteiger partial charge on any atom is 0.193 e. The fourth-order valence-electron chi connectivity index (χ4n) is 3.93. The molecule has 5 heterocycles. The van der Waals surface area contributed by atoms with E-state index in [9.17, 15) is 0 Å². The zero-order valence-electron chi connectivity index (χ0n) is 15.5. The van der Waals surface area contributed by atoms with Gasteiger partial charge in [-0.2, -0.15) is 0 Å². The number of pyridine rings is 2. The Balaban J connectivity index is 1.30. The molecule has 1 fully saturated rings. The van der Waals surface area contributed by atoms with E-state index in [-0.39, 0.29) is 0 Å². The van der Waals surface area contributed by atoms with Gasteiger partial charge < -0.3 is 0 Å². The number of nitrogens with zero attached hydrogens (tertiary/aromatic N) is 5. The van der Waals surface area contributed by atoms with Crippen LogP contribution in [-0.2, 0) is 6.54 Å². The summed E-state index contributed by atoms with van der Waals surface area (Å²) >= 11 is 1.67. The van der Waals surface area contributed by atoms with Crippen LogP contribution in [0.3, 0.4) is 0 Å². The highest BCUT2D eigenvalue weighted by Crippen LogP contribution is 2.30. The molecule has 4 aromatic heterocycles. The summed E-state index contributed by atoms with van der Waals surface area (Å²) in [6, 6.07) is 12.7. The third-order valence-corrected chi connectivity index (χ3v) is 6.12. The molecule has 0 amide bonds. The SMILES string of the molecule is c1cc(CN2CC[C@@H](c3ccnc(-c4ccncc4)c3)C2)n(-c2nccs2)c1. The molecule has 5 rings (SSSR count). The maximum atomic E-state index is 4.55. The van der Waals surface area contributed by atoms with Gasteiger partial charge in [-0.15, -0.1) is 11.3 Å². The molecule has 28 heavy (non-hydrogen) atoms. The van der Waals surface area contributed by atoms with Crippen molar-refractivity contribution in [2.75, 3.05) is 13.1 Å². The Morgan fingerprint density at radius 1 is 1.04 bits per heavy atom. The first kappa shape index (κ1) is 17.3. The fraction of sp³-hybridized carbons (Fsp3) is 0.227. The average Bonchev–Trinajstić information content (AvgIpc) is 3.51. The van der Waals surface area contributed by atoms with E-state index in [1.165, 1.54) is 17.7 Å². The lowest BCUT2D eigenvalue weighted by atomic mass is 9.98. The zero-order valence-corrected chi connectivity index (χ0v) is 16.3. The van der Waals surface area contributed by atoms with Gasteiger partial charge in [0.1, 0.15) is 0 Å². The van der Waals surface area contributed by atoms with Crippen molar-refractivity contribution in [2.45, 2.75) is 18.9 Å². The standard InChI is InChI=1S/C22H21N5S/c1-2-20(27(11-1)22-25-10-13-28-22)16-26-12-6-19(15-26)18-5-9-24-21(14-18)17-3-7-23-8-4-17/h1-5,7-11,13-14,19H,6,12,15-16H2/t19-/m1/s1. The second kappa shape index (κ2) is 7.66. The summed E-state index contributed by atoms with van der Waals surface area (Å²) in [6.45, 7) is 3.13. The highest BCUT2D eigenvalue weighted by atomic mass is 32.1. The van der Waals surface area contributed by atoms with Crippen LogP contribution in [0.25, 0.3) is 16.4 Å². The van der Waals surface area contributed by atoms with E-state index >= 15 is 0 Å². The molecule has 0 unspecified atom stereocenters. The molecule has 6 heteroatoms. The Labute approximate surface area is 168 Å². The number of hydrogen-bond donors (Lipinski definition) is 0. The van der Waals surface area contributed by atoms with Crippen LogP contribution in [0.15, 0.2) is 72.8 Å². The normalized spacial score (nSPS) is 17.2. The summed E-state index contributed by atoms with van der Waals surface area (Å²) in [6.07, 6.45) is 10.7. The third-order valence-electron chi connectivity index (χ3n) is 5.35. The molecule has 0 saturated carbocycles. The molecule has 1 aliphatic rings. The quantitative estimate of drug-likeness (QED) is 0.510. The van der Waals surface area contributed by atoms with Gasteiger partial charge in [-0.25, -0.2) is 4.98 Å². The Kier molecular flexibility index (Phi) is 4.72. The van der Waals surface area contributed by atoms with Gasteiger partial charge in [0, 0.05) is 60.7 Å². The van der Waals surface area contributed by atoms with Crippen LogP contribution >= 0.6 is 11.3 Å². The Bertz CT molecular complexity index is 1040. The summed E-state index contributed by atoms with van der Waals surface area (Å²) in [4.78, 5) is 15.6. The number of aromatic nitrogens is 4. The second-order valence-corrected chi connectivity index (χ2v) is 7.99. The zero-order chi connectivity index (χ0) is 18.8. The predicted molar refractivity (Wildman–Crippen MR) is 112 cm³/mol. The molecular weight excluding hydrogens is 366 g/mol. The van der Waals surface area contributed by atoms with Crippen LogP contribution in [0, 0.1) is 0 Å². The molecule has 0 N–H and O–H groups in total. The van der Waals surface area contributed by atoms with E-state index in [1.54, 1.807) is 11.3 Å². The second-order valence-electron chi connectivity index (χ2n) is 7.12. The summed E-state index contributed by atoms with van der Waals surface area (Å²) in [7, 11) is 0. The lowest BCUT2D eigenvalue weighted by Gasteiger charge is -2.17. The van der Waals surface area contributed by atoms with Crippen LogP contribution in [0.4, 0.5) is 0 Å². The summed E-state index contributed by atoms with van der Waals surface area (Å²) in [5.74, 6) is 0.548. The van der Waals surface area contributed by atoms with E-state index in [0.29, 0.717) is 5.92 Å². The van der Waals surface area contributed by atoms with E-state index < -0.39 is 0 Å². The van der Waals surface area contributed by atoms with Crippen molar-refractivity contribution in [2.24, 2.45) is 0 Å². The van der Waals surface area contributed by atoms with Crippen molar-refractivity contribution in [1.29, 1.82) is 0 Å². The number of thiazole rings is 1. The molecule has 0 aliphatic carbocycles. The van der Waals surface area contributed by atoms with Crippen LogP contribution in [0.1, 0.15) is 23.6 Å². The van der Waals surface area contributed by atoms with Gasteiger partial charge in [-0.1, -0.05) is 0 Å². The van der Waals surface area contributed by atoms with Crippen molar-refractivity contribution in [3.05, 3.63) is 84.0 Å². The molecule has 0 bridgehead atoms. The topological polar surface area (TPSA) is 46.8 Å². The van der Waals surface area contributed by atoms with Gasteiger partial charge in [0.25, 0.3) is 0 Å². The van der Waals surface area contributed by atoms with Gasteiger partial charge in [-0.3, -0.25) is 19.4 Å². The first-order valence-corrected chi connectivity index (χ1v) is 10.4. The van der Waals surface area contributed by atoms with E-state index in [0.717, 1.165) is 36.0 Å². The van der Waals surface area contributed by atoms with Gasteiger partial charge in [-0.05, 0) is 60.8 Å². The molecule has 1 aliphatic heterocycles. The molecule has 4 aromatic rings. The average molecular weight is 388 g/mol. The van der Waals surface area contributed by atoms with Crippen LogP contribution in [0.2, 0.25) is 0 Å². The van der Waals surface area contributed by atoms with E-state index in [1.807, 2.05) is 42.3 Å². The minimum atomic E-state index is 0.548. The van der Waals surface area contributed by atoms with E-state index in [2.05, 4.69) is 54.9 Å². The Hall–Kier alpha value is -2.83. The Morgan fingerprint density at radius 3 is 2.82 bits per heavy atom. The van der Waals surface area contributed by atoms with Gasteiger partial charge >= 0.3 is 0 Å². The molecular formula is C22H21N5S. The minimum Gasteiger partial charge on any atom is -0.297 e. The van der Waals surface area contributed by atoms with E-state index in [4.69, 9.17) is 0 Å². The highest BCUT2D eigenvalue weighted by Gasteiger charge is 2.25. The van der Waals surface area contributed by atoms with Crippen molar-refractivity contribution in [3.63, 3.8) is 0 Å². The first-order valence-electron chi connectivity index (χ1n) is 9.51. The summed E-state index contributed by atoms with van der Waals surface area (Å²) < 4.78 is 2.20.